The maximum absolute atomic E-state index is 13.0. The third-order valence-electron chi connectivity index (χ3n) is 4.39. The molecule has 0 spiro atoms. The SMILES string of the molecule is CCOc1cc(/C=N\NC(=O)CSc2ccc(Cl)cc2)cc(Cl)c1OCC(=O)Nc1ccc(F)cc1. The predicted octanol–water partition coefficient (Wildman–Crippen LogP) is 5.79. The number of rotatable bonds is 11. The fraction of sp³-hybridized carbons (Fsp3) is 0.160. The number of hydrogen-bond acceptors (Lipinski definition) is 6. The zero-order chi connectivity index (χ0) is 25.9. The van der Waals surface area contributed by atoms with E-state index in [-0.39, 0.29) is 29.0 Å². The van der Waals surface area contributed by atoms with Crippen molar-refractivity contribution in [2.24, 2.45) is 5.10 Å². The molecule has 3 aromatic carbocycles. The van der Waals surface area contributed by atoms with Crippen LogP contribution >= 0.6 is 35.0 Å². The van der Waals surface area contributed by atoms with E-state index in [1.807, 2.05) is 12.1 Å². The highest BCUT2D eigenvalue weighted by molar-refractivity contribution is 8.00. The summed E-state index contributed by atoms with van der Waals surface area (Å²) in [5.74, 6) is -0.466. The first kappa shape index (κ1) is 27.3. The zero-order valence-corrected chi connectivity index (χ0v) is 21.4. The molecule has 7 nitrogen and oxygen atoms in total. The van der Waals surface area contributed by atoms with Gasteiger partial charge in [0.1, 0.15) is 5.82 Å². The molecule has 0 fully saturated rings. The fourth-order valence-corrected chi connectivity index (χ4v) is 3.91. The number of anilines is 1. The summed E-state index contributed by atoms with van der Waals surface area (Å²) in [4.78, 5) is 25.2. The lowest BCUT2D eigenvalue weighted by atomic mass is 10.2. The zero-order valence-electron chi connectivity index (χ0n) is 19.1. The molecule has 36 heavy (non-hydrogen) atoms. The maximum atomic E-state index is 13.0. The first-order valence-electron chi connectivity index (χ1n) is 10.7. The molecule has 0 aromatic heterocycles. The number of amides is 2. The van der Waals surface area contributed by atoms with Crippen LogP contribution in [-0.2, 0) is 9.59 Å². The van der Waals surface area contributed by atoms with Gasteiger partial charge in [-0.1, -0.05) is 23.2 Å². The lowest BCUT2D eigenvalue weighted by Crippen LogP contribution is -2.20. The van der Waals surface area contributed by atoms with Gasteiger partial charge in [-0.3, -0.25) is 9.59 Å². The van der Waals surface area contributed by atoms with Crippen molar-refractivity contribution < 1.29 is 23.5 Å². The monoisotopic (exact) mass is 549 g/mol. The number of ether oxygens (including phenoxy) is 2. The van der Waals surface area contributed by atoms with Crippen molar-refractivity contribution in [3.63, 3.8) is 0 Å². The number of hydrogen-bond donors (Lipinski definition) is 2. The molecule has 11 heteroatoms. The van der Waals surface area contributed by atoms with Gasteiger partial charge in [0.15, 0.2) is 18.1 Å². The van der Waals surface area contributed by atoms with Gasteiger partial charge in [-0.15, -0.1) is 11.8 Å². The number of hydrazone groups is 1. The van der Waals surface area contributed by atoms with Crippen molar-refractivity contribution in [2.75, 3.05) is 24.3 Å². The predicted molar refractivity (Wildman–Crippen MR) is 141 cm³/mol. The van der Waals surface area contributed by atoms with Gasteiger partial charge in [-0.25, -0.2) is 9.82 Å². The van der Waals surface area contributed by atoms with Crippen LogP contribution in [0.2, 0.25) is 10.0 Å². The summed E-state index contributed by atoms with van der Waals surface area (Å²) in [6.07, 6.45) is 1.42. The average Bonchev–Trinajstić information content (AvgIpc) is 2.85. The van der Waals surface area contributed by atoms with Crippen molar-refractivity contribution in [1.82, 2.24) is 5.43 Å². The van der Waals surface area contributed by atoms with E-state index in [9.17, 15) is 14.0 Å². The Morgan fingerprint density at radius 2 is 1.75 bits per heavy atom. The van der Waals surface area contributed by atoms with Crippen LogP contribution in [0.1, 0.15) is 12.5 Å². The molecule has 0 bridgehead atoms. The van der Waals surface area contributed by atoms with Crippen molar-refractivity contribution in [3.05, 3.63) is 82.1 Å². The number of thioether (sulfide) groups is 1. The largest absolute Gasteiger partial charge is 0.490 e. The molecule has 3 rings (SSSR count). The Bertz CT molecular complexity index is 1230. The number of carbonyl (C=O) groups is 2. The molecule has 3 aromatic rings. The van der Waals surface area contributed by atoms with Gasteiger partial charge in [-0.05, 0) is 73.2 Å². The minimum absolute atomic E-state index is 0.177. The number of carbonyl (C=O) groups excluding carboxylic acids is 2. The van der Waals surface area contributed by atoms with Gasteiger partial charge in [0.2, 0.25) is 5.91 Å². The van der Waals surface area contributed by atoms with Gasteiger partial charge in [0.05, 0.1) is 23.6 Å². The molecule has 0 unspecified atom stereocenters. The average molecular weight is 550 g/mol. The van der Waals surface area contributed by atoms with Crippen LogP contribution in [-0.4, -0.2) is 37.0 Å². The standard InChI is InChI=1S/C25H22Cl2FN3O4S/c1-2-34-22-12-16(13-29-31-24(33)15-36-20-9-3-17(26)4-10-20)11-21(27)25(22)35-14-23(32)30-19-7-5-18(28)6-8-19/h3-13H,2,14-15H2,1H3,(H,30,32)(H,31,33)/b29-13-. The van der Waals surface area contributed by atoms with Crippen LogP contribution in [0.3, 0.4) is 0 Å². The normalized spacial score (nSPS) is 10.8. The quantitative estimate of drug-likeness (QED) is 0.179. The van der Waals surface area contributed by atoms with Crippen LogP contribution in [0.4, 0.5) is 10.1 Å². The second kappa shape index (κ2) is 13.7. The Morgan fingerprint density at radius 1 is 1.03 bits per heavy atom. The second-order valence-electron chi connectivity index (χ2n) is 7.14. The highest BCUT2D eigenvalue weighted by Gasteiger charge is 2.14. The Labute approximate surface area is 222 Å². The summed E-state index contributed by atoms with van der Waals surface area (Å²) >= 11 is 13.6. The Kier molecular flexibility index (Phi) is 10.4. The molecule has 0 heterocycles. The number of halogens is 3. The lowest BCUT2D eigenvalue weighted by molar-refractivity contribution is -0.119. The Morgan fingerprint density at radius 3 is 2.44 bits per heavy atom. The van der Waals surface area contributed by atoms with Crippen LogP contribution < -0.4 is 20.2 Å². The fourth-order valence-electron chi connectivity index (χ4n) is 2.82. The molecule has 188 valence electrons. The third-order valence-corrected chi connectivity index (χ3v) is 5.94. The maximum Gasteiger partial charge on any atom is 0.262 e. The lowest BCUT2D eigenvalue weighted by Gasteiger charge is -2.14. The molecule has 0 saturated heterocycles. The van der Waals surface area contributed by atoms with Crippen LogP contribution in [0.5, 0.6) is 11.5 Å². The second-order valence-corrected chi connectivity index (χ2v) is 9.03. The van der Waals surface area contributed by atoms with Crippen molar-refractivity contribution in [1.29, 1.82) is 0 Å². The summed E-state index contributed by atoms with van der Waals surface area (Å²) in [5, 5.41) is 7.39. The number of benzene rings is 3. The molecular weight excluding hydrogens is 528 g/mol. The molecule has 2 amide bonds. The van der Waals surface area contributed by atoms with Crippen LogP contribution in [0, 0.1) is 5.82 Å². The Hall–Kier alpha value is -3.27. The topological polar surface area (TPSA) is 89.0 Å². The minimum atomic E-state index is -0.454. The third kappa shape index (κ3) is 8.75. The van der Waals surface area contributed by atoms with E-state index < -0.39 is 11.7 Å². The number of nitrogens with one attached hydrogen (secondary N) is 2. The van der Waals surface area contributed by atoms with E-state index in [1.54, 1.807) is 31.2 Å². The molecular formula is C25H22Cl2FN3O4S. The van der Waals surface area contributed by atoms with Crippen molar-refractivity contribution in [3.8, 4) is 11.5 Å². The molecule has 0 aliphatic heterocycles. The molecule has 0 aliphatic rings. The van der Waals surface area contributed by atoms with E-state index in [4.69, 9.17) is 32.7 Å². The first-order valence-corrected chi connectivity index (χ1v) is 12.4. The molecule has 2 N–H and O–H groups in total. The van der Waals surface area contributed by atoms with E-state index in [1.165, 1.54) is 42.2 Å². The van der Waals surface area contributed by atoms with Crippen LogP contribution in [0.15, 0.2) is 70.7 Å². The van der Waals surface area contributed by atoms with E-state index >= 15 is 0 Å². The van der Waals surface area contributed by atoms with E-state index in [0.717, 1.165) is 4.90 Å². The number of nitrogens with zero attached hydrogens (tertiary/aromatic N) is 1. The van der Waals surface area contributed by atoms with Gasteiger partial charge in [0, 0.05) is 15.6 Å². The molecule has 0 radical (unpaired) electrons. The molecule has 0 saturated carbocycles. The molecule has 0 aliphatic carbocycles. The summed E-state index contributed by atoms with van der Waals surface area (Å²) < 4.78 is 24.2. The highest BCUT2D eigenvalue weighted by atomic mass is 35.5. The summed E-state index contributed by atoms with van der Waals surface area (Å²) in [5.41, 5.74) is 3.44. The minimum Gasteiger partial charge on any atom is -0.490 e. The van der Waals surface area contributed by atoms with Gasteiger partial charge in [-0.2, -0.15) is 5.10 Å². The van der Waals surface area contributed by atoms with Gasteiger partial charge >= 0.3 is 0 Å². The van der Waals surface area contributed by atoms with Gasteiger partial charge in [0.25, 0.3) is 5.91 Å². The Balaban J connectivity index is 1.56. The first-order chi connectivity index (χ1) is 17.3. The smallest absolute Gasteiger partial charge is 0.262 e. The van der Waals surface area contributed by atoms with E-state index in [0.29, 0.717) is 28.6 Å². The summed E-state index contributed by atoms with van der Waals surface area (Å²) in [7, 11) is 0. The summed E-state index contributed by atoms with van der Waals surface area (Å²) in [6, 6.07) is 15.7. The van der Waals surface area contributed by atoms with Crippen molar-refractivity contribution in [2.45, 2.75) is 11.8 Å². The highest BCUT2D eigenvalue weighted by Crippen LogP contribution is 2.36. The van der Waals surface area contributed by atoms with E-state index in [2.05, 4.69) is 15.8 Å². The van der Waals surface area contributed by atoms with Crippen LogP contribution in [0.25, 0.3) is 0 Å². The van der Waals surface area contributed by atoms with Gasteiger partial charge < -0.3 is 14.8 Å². The van der Waals surface area contributed by atoms with Crippen molar-refractivity contribution >= 4 is 58.7 Å². The molecule has 0 atom stereocenters. The summed E-state index contributed by atoms with van der Waals surface area (Å²) in [6.45, 7) is 1.78.